The predicted octanol–water partition coefficient (Wildman–Crippen LogP) is -0.253. The van der Waals surface area contributed by atoms with Gasteiger partial charge in [0.15, 0.2) is 6.10 Å². The highest BCUT2D eigenvalue weighted by molar-refractivity contribution is 5.83. The van der Waals surface area contributed by atoms with Gasteiger partial charge in [0.1, 0.15) is 6.10 Å². The lowest BCUT2D eigenvalue weighted by Gasteiger charge is -2.16. The summed E-state index contributed by atoms with van der Waals surface area (Å²) < 4.78 is 5.14. The number of nitrogens with one attached hydrogen (secondary N) is 1. The van der Waals surface area contributed by atoms with Crippen molar-refractivity contribution in [1.82, 2.24) is 10.2 Å². The number of hydrogen-bond acceptors (Lipinski definition) is 4. The van der Waals surface area contributed by atoms with Gasteiger partial charge in [0.05, 0.1) is 0 Å². The second-order valence-corrected chi connectivity index (χ2v) is 5.16. The molecular weight excluding hydrogens is 264 g/mol. The van der Waals surface area contributed by atoms with Gasteiger partial charge in [-0.05, 0) is 25.7 Å². The van der Waals surface area contributed by atoms with E-state index in [0.717, 1.165) is 25.9 Å². The Balaban J connectivity index is 1.65. The molecule has 2 atom stereocenters. The van der Waals surface area contributed by atoms with Crippen LogP contribution in [0.5, 0.6) is 0 Å². The van der Waals surface area contributed by atoms with E-state index < -0.39 is 18.2 Å². The highest BCUT2D eigenvalue weighted by Gasteiger charge is 2.34. The van der Waals surface area contributed by atoms with Crippen LogP contribution in [0.1, 0.15) is 32.1 Å². The fourth-order valence-corrected chi connectivity index (χ4v) is 2.54. The molecule has 0 bridgehead atoms. The number of nitrogens with zero attached hydrogens (tertiary/aromatic N) is 1. The van der Waals surface area contributed by atoms with Crippen molar-refractivity contribution in [3.05, 3.63) is 0 Å². The second kappa shape index (κ2) is 6.69. The number of ether oxygens (including phenoxy) is 1. The van der Waals surface area contributed by atoms with Crippen LogP contribution in [0.25, 0.3) is 0 Å². The van der Waals surface area contributed by atoms with E-state index in [1.165, 1.54) is 0 Å². The molecule has 7 heteroatoms. The van der Waals surface area contributed by atoms with Crippen LogP contribution in [0, 0.1) is 0 Å². The number of amides is 2. The number of likely N-dealkylation sites (tertiary alicyclic amines) is 1. The molecule has 7 nitrogen and oxygen atoms in total. The van der Waals surface area contributed by atoms with Gasteiger partial charge in [-0.15, -0.1) is 0 Å². The Labute approximate surface area is 117 Å². The molecule has 0 radical (unpaired) electrons. The average molecular weight is 284 g/mol. The number of aliphatic carboxylic acids is 1. The van der Waals surface area contributed by atoms with Crippen LogP contribution < -0.4 is 5.32 Å². The van der Waals surface area contributed by atoms with E-state index in [1.807, 2.05) is 0 Å². The van der Waals surface area contributed by atoms with Crippen molar-refractivity contribution in [1.29, 1.82) is 0 Å². The first kappa shape index (κ1) is 14.8. The van der Waals surface area contributed by atoms with Crippen molar-refractivity contribution < 1.29 is 24.2 Å². The number of carbonyl (C=O) groups excluding carboxylic acids is 2. The Hall–Kier alpha value is -1.63. The highest BCUT2D eigenvalue weighted by Crippen LogP contribution is 2.19. The minimum absolute atomic E-state index is 0.0542. The molecule has 2 aliphatic rings. The Morgan fingerprint density at radius 1 is 1.15 bits per heavy atom. The summed E-state index contributed by atoms with van der Waals surface area (Å²) in [6.07, 6.45) is 1.52. The van der Waals surface area contributed by atoms with Crippen molar-refractivity contribution >= 4 is 17.8 Å². The molecule has 0 aliphatic carbocycles. The van der Waals surface area contributed by atoms with Crippen LogP contribution in [-0.2, 0) is 19.1 Å². The van der Waals surface area contributed by atoms with Crippen LogP contribution in [-0.4, -0.2) is 59.6 Å². The Morgan fingerprint density at radius 2 is 1.80 bits per heavy atom. The maximum Gasteiger partial charge on any atom is 0.332 e. The molecule has 2 amide bonds. The van der Waals surface area contributed by atoms with E-state index in [0.29, 0.717) is 12.8 Å². The van der Waals surface area contributed by atoms with Crippen molar-refractivity contribution in [2.24, 2.45) is 0 Å². The molecule has 2 N–H and O–H groups in total. The van der Waals surface area contributed by atoms with Crippen molar-refractivity contribution in [2.45, 2.75) is 44.3 Å². The molecular formula is C13H20N2O5. The average Bonchev–Trinajstić information content (AvgIpc) is 3.09. The van der Waals surface area contributed by atoms with Gasteiger partial charge in [-0.2, -0.15) is 0 Å². The molecule has 2 rings (SSSR count). The zero-order chi connectivity index (χ0) is 14.5. The smallest absolute Gasteiger partial charge is 0.332 e. The molecule has 2 saturated heterocycles. The fraction of sp³-hybridized carbons (Fsp3) is 0.769. The lowest BCUT2D eigenvalue weighted by Crippen LogP contribution is -2.38. The fourth-order valence-electron chi connectivity index (χ4n) is 2.54. The molecule has 2 fully saturated rings. The third-order valence-corrected chi connectivity index (χ3v) is 3.68. The van der Waals surface area contributed by atoms with Crippen molar-refractivity contribution in [2.75, 3.05) is 19.6 Å². The monoisotopic (exact) mass is 284 g/mol. The summed E-state index contributed by atoms with van der Waals surface area (Å²) in [6.45, 7) is 1.88. The molecule has 0 aromatic carbocycles. The van der Waals surface area contributed by atoms with Crippen LogP contribution in [0.4, 0.5) is 0 Å². The van der Waals surface area contributed by atoms with Gasteiger partial charge in [-0.25, -0.2) is 4.79 Å². The maximum atomic E-state index is 11.8. The van der Waals surface area contributed by atoms with E-state index in [2.05, 4.69) is 5.32 Å². The lowest BCUT2D eigenvalue weighted by molar-refractivity contribution is -0.151. The molecule has 0 saturated carbocycles. The lowest BCUT2D eigenvalue weighted by atomic mass is 10.2. The molecule has 20 heavy (non-hydrogen) atoms. The first-order valence-corrected chi connectivity index (χ1v) is 7.01. The third-order valence-electron chi connectivity index (χ3n) is 3.68. The molecule has 0 aromatic heterocycles. The van der Waals surface area contributed by atoms with Crippen LogP contribution in [0.2, 0.25) is 0 Å². The number of hydrogen-bond donors (Lipinski definition) is 2. The zero-order valence-corrected chi connectivity index (χ0v) is 11.3. The molecule has 0 aromatic rings. The topological polar surface area (TPSA) is 95.9 Å². The van der Waals surface area contributed by atoms with Gasteiger partial charge in [0.2, 0.25) is 11.8 Å². The van der Waals surface area contributed by atoms with Crippen LogP contribution in [0.15, 0.2) is 0 Å². The standard InChI is InChI=1S/C13H20N2O5/c16-11(15-7-1-2-8-15)5-6-14-12(17)9-3-4-10(20-9)13(18)19/h9-10H,1-8H2,(H,14,17)(H,18,19)/t9-,10+/m0/s1. The summed E-state index contributed by atoms with van der Waals surface area (Å²) in [6, 6.07) is 0. The molecule has 2 heterocycles. The largest absolute Gasteiger partial charge is 0.479 e. The third kappa shape index (κ3) is 3.69. The number of rotatable bonds is 5. The molecule has 0 unspecified atom stereocenters. The number of carboxylic acids is 1. The Kier molecular flexibility index (Phi) is 4.94. The quantitative estimate of drug-likeness (QED) is 0.725. The highest BCUT2D eigenvalue weighted by atomic mass is 16.5. The first-order valence-electron chi connectivity index (χ1n) is 7.01. The van der Waals surface area contributed by atoms with Gasteiger partial charge in [0, 0.05) is 26.1 Å². The Morgan fingerprint density at radius 3 is 2.40 bits per heavy atom. The van der Waals surface area contributed by atoms with E-state index in [1.54, 1.807) is 4.90 Å². The summed E-state index contributed by atoms with van der Waals surface area (Å²) in [5.41, 5.74) is 0. The minimum Gasteiger partial charge on any atom is -0.479 e. The van der Waals surface area contributed by atoms with Crippen LogP contribution >= 0.6 is 0 Å². The molecule has 0 spiro atoms. The van der Waals surface area contributed by atoms with Crippen LogP contribution in [0.3, 0.4) is 0 Å². The van der Waals surface area contributed by atoms with E-state index in [-0.39, 0.29) is 24.8 Å². The normalized spacial score (nSPS) is 25.7. The summed E-state index contributed by atoms with van der Waals surface area (Å²) in [5.74, 6) is -1.31. The predicted molar refractivity (Wildman–Crippen MR) is 69.0 cm³/mol. The zero-order valence-electron chi connectivity index (χ0n) is 11.3. The van der Waals surface area contributed by atoms with Gasteiger partial charge in [-0.1, -0.05) is 0 Å². The van der Waals surface area contributed by atoms with Gasteiger partial charge in [0.25, 0.3) is 0 Å². The van der Waals surface area contributed by atoms with Crippen molar-refractivity contribution in [3.63, 3.8) is 0 Å². The van der Waals surface area contributed by atoms with Crippen molar-refractivity contribution in [3.8, 4) is 0 Å². The molecule has 112 valence electrons. The summed E-state index contributed by atoms with van der Waals surface area (Å²) >= 11 is 0. The van der Waals surface area contributed by atoms with E-state index in [9.17, 15) is 14.4 Å². The molecule has 2 aliphatic heterocycles. The summed E-state index contributed by atoms with van der Waals surface area (Å²) in [7, 11) is 0. The van der Waals surface area contributed by atoms with Gasteiger partial charge in [-0.3, -0.25) is 9.59 Å². The van der Waals surface area contributed by atoms with Gasteiger partial charge >= 0.3 is 5.97 Å². The Bertz CT molecular complexity index is 392. The maximum absolute atomic E-state index is 11.8. The summed E-state index contributed by atoms with van der Waals surface area (Å²) in [4.78, 5) is 36.0. The number of carboxylic acid groups (broad SMARTS) is 1. The number of carbonyl (C=O) groups is 3. The SMILES string of the molecule is O=C(NCCC(=O)N1CCCC1)[C@@H]1CC[C@H](C(=O)O)O1. The summed E-state index contributed by atoms with van der Waals surface area (Å²) in [5, 5.41) is 11.4. The minimum atomic E-state index is -1.04. The van der Waals surface area contributed by atoms with E-state index in [4.69, 9.17) is 9.84 Å². The second-order valence-electron chi connectivity index (χ2n) is 5.16. The van der Waals surface area contributed by atoms with Gasteiger partial charge < -0.3 is 20.1 Å². The first-order chi connectivity index (χ1) is 9.58. The van der Waals surface area contributed by atoms with E-state index >= 15 is 0 Å².